The third kappa shape index (κ3) is 4.72. The predicted octanol–water partition coefficient (Wildman–Crippen LogP) is 5.02. The van der Waals surface area contributed by atoms with E-state index in [0.29, 0.717) is 6.61 Å². The molecule has 0 amide bonds. The van der Waals surface area contributed by atoms with E-state index in [0.717, 1.165) is 22.4 Å². The molecule has 0 bridgehead atoms. The van der Waals surface area contributed by atoms with Gasteiger partial charge in [-0.2, -0.15) is 0 Å². The van der Waals surface area contributed by atoms with Gasteiger partial charge in [-0.05, 0) is 55.2 Å². The number of carboxylic acids is 1. The van der Waals surface area contributed by atoms with Crippen molar-refractivity contribution in [2.24, 2.45) is 0 Å². The SMILES string of the molecule is CC=CC(CC(=O)O)c1ccc(OCc2ccccc2C)cc1C. The first-order valence-corrected chi connectivity index (χ1v) is 8.13. The predicted molar refractivity (Wildman–Crippen MR) is 96.5 cm³/mol. The molecule has 0 saturated carbocycles. The molecule has 1 atom stereocenters. The lowest BCUT2D eigenvalue weighted by Gasteiger charge is -2.16. The fraction of sp³-hybridized carbons (Fsp3) is 0.286. The summed E-state index contributed by atoms with van der Waals surface area (Å²) in [6, 6.07) is 14.0. The highest BCUT2D eigenvalue weighted by molar-refractivity contribution is 5.68. The summed E-state index contributed by atoms with van der Waals surface area (Å²) < 4.78 is 5.90. The number of hydrogen-bond acceptors (Lipinski definition) is 2. The Morgan fingerprint density at radius 1 is 1.17 bits per heavy atom. The smallest absolute Gasteiger partial charge is 0.304 e. The molecule has 2 aromatic rings. The van der Waals surface area contributed by atoms with Crippen LogP contribution in [-0.2, 0) is 11.4 Å². The van der Waals surface area contributed by atoms with Crippen LogP contribution in [0.1, 0.15) is 41.5 Å². The summed E-state index contributed by atoms with van der Waals surface area (Å²) in [5, 5.41) is 9.10. The van der Waals surface area contributed by atoms with Crippen LogP contribution < -0.4 is 4.74 Å². The van der Waals surface area contributed by atoms with Crippen LogP contribution in [0.4, 0.5) is 0 Å². The standard InChI is InChI=1S/C21H24O3/c1-4-7-17(13-21(22)23)20-11-10-19(12-16(20)3)24-14-18-9-6-5-8-15(18)2/h4-12,17H,13-14H2,1-3H3,(H,22,23). The molecule has 1 N–H and O–H groups in total. The van der Waals surface area contributed by atoms with Crippen molar-refractivity contribution in [3.8, 4) is 5.75 Å². The van der Waals surface area contributed by atoms with E-state index < -0.39 is 5.97 Å². The van der Waals surface area contributed by atoms with Crippen molar-refractivity contribution in [1.29, 1.82) is 0 Å². The highest BCUT2D eigenvalue weighted by atomic mass is 16.5. The average molecular weight is 324 g/mol. The van der Waals surface area contributed by atoms with E-state index in [1.165, 1.54) is 5.56 Å². The Balaban J connectivity index is 2.13. The first kappa shape index (κ1) is 17.8. The minimum absolute atomic E-state index is 0.0919. The summed E-state index contributed by atoms with van der Waals surface area (Å²) in [5.41, 5.74) is 4.44. The molecule has 0 fully saturated rings. The summed E-state index contributed by atoms with van der Waals surface area (Å²) in [5.74, 6) is -0.107. The molecule has 0 saturated heterocycles. The molecule has 0 aliphatic rings. The highest BCUT2D eigenvalue weighted by Gasteiger charge is 2.15. The molecule has 1 unspecified atom stereocenters. The highest BCUT2D eigenvalue weighted by Crippen LogP contribution is 2.28. The average Bonchev–Trinajstić information content (AvgIpc) is 2.53. The first-order valence-electron chi connectivity index (χ1n) is 8.13. The van der Waals surface area contributed by atoms with Gasteiger partial charge in [0.1, 0.15) is 12.4 Å². The number of rotatable bonds is 7. The number of carbonyl (C=O) groups is 1. The second-order valence-corrected chi connectivity index (χ2v) is 5.96. The Morgan fingerprint density at radius 3 is 2.54 bits per heavy atom. The Kier molecular flexibility index (Phi) is 6.19. The normalized spacial score (nSPS) is 12.3. The van der Waals surface area contributed by atoms with Crippen LogP contribution in [0.25, 0.3) is 0 Å². The van der Waals surface area contributed by atoms with E-state index >= 15 is 0 Å². The Labute approximate surface area is 143 Å². The van der Waals surface area contributed by atoms with Crippen LogP contribution in [0.2, 0.25) is 0 Å². The third-order valence-electron chi connectivity index (χ3n) is 4.12. The van der Waals surface area contributed by atoms with Crippen molar-refractivity contribution >= 4 is 5.97 Å². The van der Waals surface area contributed by atoms with Crippen molar-refractivity contribution < 1.29 is 14.6 Å². The van der Waals surface area contributed by atoms with E-state index in [4.69, 9.17) is 9.84 Å². The maximum absolute atomic E-state index is 11.1. The van der Waals surface area contributed by atoms with Gasteiger partial charge in [-0.1, -0.05) is 42.5 Å². The number of ether oxygens (including phenoxy) is 1. The van der Waals surface area contributed by atoms with Gasteiger partial charge >= 0.3 is 5.97 Å². The van der Waals surface area contributed by atoms with Crippen LogP contribution in [0.3, 0.4) is 0 Å². The van der Waals surface area contributed by atoms with Gasteiger partial charge in [-0.15, -0.1) is 0 Å². The minimum atomic E-state index is -0.794. The lowest BCUT2D eigenvalue weighted by Crippen LogP contribution is -2.06. The van der Waals surface area contributed by atoms with Crippen LogP contribution in [0.15, 0.2) is 54.6 Å². The van der Waals surface area contributed by atoms with E-state index in [-0.39, 0.29) is 12.3 Å². The molecule has 126 valence electrons. The maximum Gasteiger partial charge on any atom is 0.304 e. The Hall–Kier alpha value is -2.55. The lowest BCUT2D eigenvalue weighted by molar-refractivity contribution is -0.137. The molecule has 0 aliphatic heterocycles. The van der Waals surface area contributed by atoms with E-state index in [9.17, 15) is 4.79 Å². The molecular formula is C21H24O3. The van der Waals surface area contributed by atoms with E-state index in [2.05, 4.69) is 19.1 Å². The number of hydrogen-bond donors (Lipinski definition) is 1. The van der Waals surface area contributed by atoms with Crippen LogP contribution in [0.5, 0.6) is 5.75 Å². The maximum atomic E-state index is 11.1. The summed E-state index contributed by atoms with van der Waals surface area (Å²) in [6.07, 6.45) is 3.93. The second kappa shape index (κ2) is 8.34. The molecule has 2 aromatic carbocycles. The largest absolute Gasteiger partial charge is 0.489 e. The topological polar surface area (TPSA) is 46.5 Å². The molecule has 24 heavy (non-hydrogen) atoms. The molecule has 0 heterocycles. The molecule has 0 spiro atoms. The van der Waals surface area contributed by atoms with Crippen LogP contribution >= 0.6 is 0 Å². The molecule has 0 aliphatic carbocycles. The number of aliphatic carboxylic acids is 1. The Morgan fingerprint density at radius 2 is 1.92 bits per heavy atom. The first-order chi connectivity index (χ1) is 11.5. The van der Waals surface area contributed by atoms with Gasteiger partial charge in [-0.3, -0.25) is 4.79 Å². The summed E-state index contributed by atoms with van der Waals surface area (Å²) >= 11 is 0. The van der Waals surface area contributed by atoms with Gasteiger partial charge in [0.15, 0.2) is 0 Å². The monoisotopic (exact) mass is 324 g/mol. The molecule has 0 aromatic heterocycles. The van der Waals surface area contributed by atoms with Crippen molar-refractivity contribution in [1.82, 2.24) is 0 Å². The van der Waals surface area contributed by atoms with Crippen molar-refractivity contribution in [2.75, 3.05) is 0 Å². The molecule has 2 rings (SSSR count). The van der Waals surface area contributed by atoms with Gasteiger partial charge in [0, 0.05) is 5.92 Å². The van der Waals surface area contributed by atoms with Gasteiger partial charge in [0.05, 0.1) is 6.42 Å². The molecule has 3 nitrogen and oxygen atoms in total. The third-order valence-corrected chi connectivity index (χ3v) is 4.12. The number of benzene rings is 2. The zero-order valence-electron chi connectivity index (χ0n) is 14.5. The lowest BCUT2D eigenvalue weighted by atomic mass is 9.91. The van der Waals surface area contributed by atoms with Crippen molar-refractivity contribution in [3.63, 3.8) is 0 Å². The quantitative estimate of drug-likeness (QED) is 0.728. The van der Waals surface area contributed by atoms with Crippen LogP contribution in [0, 0.1) is 13.8 Å². The number of allylic oxidation sites excluding steroid dienone is 2. The molecule has 0 radical (unpaired) electrons. The fourth-order valence-corrected chi connectivity index (χ4v) is 2.79. The van der Waals surface area contributed by atoms with E-state index in [1.807, 2.05) is 56.3 Å². The van der Waals surface area contributed by atoms with Gasteiger partial charge in [0.2, 0.25) is 0 Å². The van der Waals surface area contributed by atoms with Crippen LogP contribution in [-0.4, -0.2) is 11.1 Å². The van der Waals surface area contributed by atoms with Gasteiger partial charge in [-0.25, -0.2) is 0 Å². The minimum Gasteiger partial charge on any atom is -0.489 e. The van der Waals surface area contributed by atoms with Crippen molar-refractivity contribution in [3.05, 3.63) is 76.9 Å². The van der Waals surface area contributed by atoms with Gasteiger partial charge < -0.3 is 9.84 Å². The second-order valence-electron chi connectivity index (χ2n) is 5.96. The van der Waals surface area contributed by atoms with E-state index in [1.54, 1.807) is 0 Å². The summed E-state index contributed by atoms with van der Waals surface area (Å²) in [6.45, 7) is 6.50. The summed E-state index contributed by atoms with van der Waals surface area (Å²) in [7, 11) is 0. The number of carboxylic acid groups (broad SMARTS) is 1. The van der Waals surface area contributed by atoms with Crippen molar-refractivity contribution in [2.45, 2.75) is 39.7 Å². The zero-order chi connectivity index (χ0) is 17.5. The molecular weight excluding hydrogens is 300 g/mol. The summed E-state index contributed by atoms with van der Waals surface area (Å²) in [4.78, 5) is 11.1. The fourth-order valence-electron chi connectivity index (χ4n) is 2.79. The number of aryl methyl sites for hydroxylation is 2. The molecule has 3 heteroatoms. The Bertz CT molecular complexity index is 732. The van der Waals surface area contributed by atoms with Gasteiger partial charge in [0.25, 0.3) is 0 Å². The zero-order valence-corrected chi connectivity index (χ0v) is 14.5.